The highest BCUT2D eigenvalue weighted by Crippen LogP contribution is 2.24. The molecule has 4 rings (SSSR count). The number of hydrogen-bond acceptors (Lipinski definition) is 4. The molecule has 0 atom stereocenters. The van der Waals surface area contributed by atoms with E-state index in [1.54, 1.807) is 12.1 Å². The lowest BCUT2D eigenvalue weighted by molar-refractivity contribution is -0.942. The maximum Gasteiger partial charge on any atom is 0.258 e. The van der Waals surface area contributed by atoms with Crippen molar-refractivity contribution in [2.24, 2.45) is 0 Å². The molecule has 1 fully saturated rings. The van der Waals surface area contributed by atoms with E-state index in [1.807, 2.05) is 36.7 Å². The van der Waals surface area contributed by atoms with Gasteiger partial charge >= 0.3 is 0 Å². The number of amides is 1. The Hall–Kier alpha value is -2.96. The molecule has 3 aromatic rings. The standard InChI is InChI=1S/C24H26ClN5O/c25-20-8-9-23(27-16-20)29-24(31)21-6-2-3-7-22(21)28-18-30(14-4-1-5-15-30)17-19-10-12-26-13-11-19/h2-3,6-13,16H,1,4-5,14-15,17-18H2,(H-,27,28,29,31)/p+1. The number of para-hydroxylation sites is 1. The van der Waals surface area contributed by atoms with E-state index in [-0.39, 0.29) is 5.91 Å². The van der Waals surface area contributed by atoms with Gasteiger partial charge in [-0.1, -0.05) is 23.7 Å². The van der Waals surface area contributed by atoms with Crippen LogP contribution in [0.2, 0.25) is 5.02 Å². The summed E-state index contributed by atoms with van der Waals surface area (Å²) >= 11 is 5.89. The second kappa shape index (κ2) is 9.90. The van der Waals surface area contributed by atoms with Crippen molar-refractivity contribution in [2.75, 3.05) is 30.4 Å². The number of likely N-dealkylation sites (tertiary alicyclic amines) is 1. The third-order valence-electron chi connectivity index (χ3n) is 5.78. The van der Waals surface area contributed by atoms with Crippen molar-refractivity contribution in [2.45, 2.75) is 25.8 Å². The molecule has 7 heteroatoms. The van der Waals surface area contributed by atoms with Crippen molar-refractivity contribution in [3.8, 4) is 0 Å². The first-order valence-electron chi connectivity index (χ1n) is 10.6. The normalized spacial score (nSPS) is 15.3. The first kappa shape index (κ1) is 21.3. The van der Waals surface area contributed by atoms with E-state index < -0.39 is 0 Å². The van der Waals surface area contributed by atoms with Crippen molar-refractivity contribution in [1.29, 1.82) is 0 Å². The fourth-order valence-corrected chi connectivity index (χ4v) is 4.26. The van der Waals surface area contributed by atoms with Gasteiger partial charge in [0.05, 0.1) is 29.4 Å². The fraction of sp³-hybridized carbons (Fsp3) is 0.292. The molecule has 160 valence electrons. The van der Waals surface area contributed by atoms with Crippen LogP contribution in [0.3, 0.4) is 0 Å². The van der Waals surface area contributed by atoms with E-state index in [0.717, 1.165) is 36.5 Å². The van der Waals surface area contributed by atoms with Crippen molar-refractivity contribution >= 4 is 29.0 Å². The zero-order valence-corrected chi connectivity index (χ0v) is 18.2. The number of nitrogens with zero attached hydrogens (tertiary/aromatic N) is 3. The summed E-state index contributed by atoms with van der Waals surface area (Å²) in [6.45, 7) is 3.97. The highest BCUT2D eigenvalue weighted by atomic mass is 35.5. The molecule has 0 radical (unpaired) electrons. The first-order valence-corrected chi connectivity index (χ1v) is 11.0. The van der Waals surface area contributed by atoms with Crippen LogP contribution >= 0.6 is 11.6 Å². The summed E-state index contributed by atoms with van der Waals surface area (Å²) in [5.74, 6) is 0.277. The molecule has 3 heterocycles. The van der Waals surface area contributed by atoms with Gasteiger partial charge in [-0.2, -0.15) is 0 Å². The van der Waals surface area contributed by atoms with Gasteiger partial charge in [-0.15, -0.1) is 0 Å². The van der Waals surface area contributed by atoms with Crippen LogP contribution in [0.25, 0.3) is 0 Å². The third kappa shape index (κ3) is 5.60. The van der Waals surface area contributed by atoms with E-state index in [4.69, 9.17) is 11.6 Å². The maximum absolute atomic E-state index is 12.9. The highest BCUT2D eigenvalue weighted by molar-refractivity contribution is 6.30. The molecule has 2 aromatic heterocycles. The van der Waals surface area contributed by atoms with Crippen LogP contribution in [0.5, 0.6) is 0 Å². The number of anilines is 2. The van der Waals surface area contributed by atoms with E-state index in [9.17, 15) is 4.79 Å². The van der Waals surface area contributed by atoms with E-state index >= 15 is 0 Å². The summed E-state index contributed by atoms with van der Waals surface area (Å²) in [7, 11) is 0. The average molecular weight is 437 g/mol. The Labute approximate surface area is 187 Å². The largest absolute Gasteiger partial charge is 0.338 e. The summed E-state index contributed by atoms with van der Waals surface area (Å²) < 4.78 is 0.957. The molecule has 1 aliphatic rings. The van der Waals surface area contributed by atoms with Crippen LogP contribution in [-0.2, 0) is 6.54 Å². The summed E-state index contributed by atoms with van der Waals surface area (Å²) in [6.07, 6.45) is 8.95. The number of quaternary nitrogens is 1. The number of nitrogens with one attached hydrogen (secondary N) is 2. The minimum atomic E-state index is -0.197. The number of rotatable bonds is 7. The second-order valence-electron chi connectivity index (χ2n) is 8.06. The number of pyridine rings is 2. The molecule has 2 N–H and O–H groups in total. The van der Waals surface area contributed by atoms with Crippen LogP contribution < -0.4 is 10.6 Å². The Kier molecular flexibility index (Phi) is 6.79. The van der Waals surface area contributed by atoms with Crippen molar-refractivity contribution < 1.29 is 9.28 Å². The van der Waals surface area contributed by atoms with Crippen LogP contribution in [0.1, 0.15) is 35.2 Å². The Morgan fingerprint density at radius 3 is 2.52 bits per heavy atom. The van der Waals surface area contributed by atoms with E-state index in [0.29, 0.717) is 16.4 Å². The fourth-order valence-electron chi connectivity index (χ4n) is 4.15. The van der Waals surface area contributed by atoms with Crippen molar-refractivity contribution in [1.82, 2.24) is 9.97 Å². The molecular formula is C24H27ClN5O+. The molecular weight excluding hydrogens is 410 g/mol. The van der Waals surface area contributed by atoms with Gasteiger partial charge in [-0.05, 0) is 55.7 Å². The lowest BCUT2D eigenvalue weighted by atomic mass is 10.1. The monoisotopic (exact) mass is 436 g/mol. The first-order chi connectivity index (χ1) is 15.1. The van der Waals surface area contributed by atoms with Gasteiger partial charge in [-0.25, -0.2) is 4.98 Å². The van der Waals surface area contributed by atoms with Gasteiger partial charge in [0.1, 0.15) is 12.4 Å². The van der Waals surface area contributed by atoms with Gasteiger partial charge in [0.2, 0.25) is 0 Å². The van der Waals surface area contributed by atoms with Gasteiger partial charge in [-0.3, -0.25) is 9.78 Å². The molecule has 1 saturated heterocycles. The Morgan fingerprint density at radius 2 is 1.77 bits per heavy atom. The smallest absolute Gasteiger partial charge is 0.258 e. The van der Waals surface area contributed by atoms with Gasteiger partial charge in [0, 0.05) is 24.2 Å². The topological polar surface area (TPSA) is 66.9 Å². The van der Waals surface area contributed by atoms with Gasteiger partial charge in [0.15, 0.2) is 6.67 Å². The van der Waals surface area contributed by atoms with Crippen molar-refractivity contribution in [3.05, 3.63) is 83.3 Å². The number of carbonyl (C=O) groups is 1. The zero-order chi connectivity index (χ0) is 21.5. The highest BCUT2D eigenvalue weighted by Gasteiger charge is 2.30. The number of piperidine rings is 1. The Morgan fingerprint density at radius 1 is 1.00 bits per heavy atom. The minimum Gasteiger partial charge on any atom is -0.338 e. The molecule has 31 heavy (non-hydrogen) atoms. The predicted octanol–water partition coefficient (Wildman–Crippen LogP) is 4.95. The second-order valence-corrected chi connectivity index (χ2v) is 8.50. The summed E-state index contributed by atoms with van der Waals surface area (Å²) in [6, 6.07) is 15.2. The van der Waals surface area contributed by atoms with Crippen LogP contribution in [-0.4, -0.2) is 40.1 Å². The third-order valence-corrected chi connectivity index (χ3v) is 6.00. The van der Waals surface area contributed by atoms with E-state index in [1.165, 1.54) is 31.0 Å². The molecule has 0 saturated carbocycles. The summed E-state index contributed by atoms with van der Waals surface area (Å²) in [4.78, 5) is 21.2. The van der Waals surface area contributed by atoms with Crippen LogP contribution in [0.4, 0.5) is 11.5 Å². The average Bonchev–Trinajstić information content (AvgIpc) is 2.81. The Bertz CT molecular complexity index is 1000. The molecule has 1 aromatic carbocycles. The van der Waals surface area contributed by atoms with Crippen LogP contribution in [0.15, 0.2) is 67.1 Å². The summed E-state index contributed by atoms with van der Waals surface area (Å²) in [5, 5.41) is 6.96. The van der Waals surface area contributed by atoms with E-state index in [2.05, 4.69) is 32.7 Å². The molecule has 0 bridgehead atoms. The predicted molar refractivity (Wildman–Crippen MR) is 124 cm³/mol. The summed E-state index contributed by atoms with van der Waals surface area (Å²) in [5.41, 5.74) is 2.71. The molecule has 1 aliphatic heterocycles. The lowest BCUT2D eigenvalue weighted by Gasteiger charge is -2.42. The molecule has 0 unspecified atom stereocenters. The molecule has 1 amide bonds. The van der Waals surface area contributed by atoms with Crippen LogP contribution in [0, 0.1) is 0 Å². The number of halogens is 1. The maximum atomic E-state index is 12.9. The van der Waals surface area contributed by atoms with Crippen molar-refractivity contribution in [3.63, 3.8) is 0 Å². The zero-order valence-electron chi connectivity index (χ0n) is 17.4. The molecule has 0 aliphatic carbocycles. The quantitative estimate of drug-likeness (QED) is 0.514. The molecule has 0 spiro atoms. The number of hydrogen-bond donors (Lipinski definition) is 2. The molecule has 6 nitrogen and oxygen atoms in total. The number of aromatic nitrogens is 2. The number of carbonyl (C=O) groups excluding carboxylic acids is 1. The Balaban J connectivity index is 1.49. The minimum absolute atomic E-state index is 0.197. The van der Waals surface area contributed by atoms with Gasteiger partial charge in [0.25, 0.3) is 5.91 Å². The lowest BCUT2D eigenvalue weighted by Crippen LogP contribution is -2.53. The van der Waals surface area contributed by atoms with Gasteiger partial charge < -0.3 is 15.1 Å². The number of benzene rings is 1. The SMILES string of the molecule is O=C(Nc1ccc(Cl)cn1)c1ccccc1NC[N+]1(Cc2ccncc2)CCCCC1.